The number of nitrogens with zero attached hydrogens (tertiary/aromatic N) is 8. The van der Waals surface area contributed by atoms with Gasteiger partial charge in [-0.05, 0) is 210 Å². The molecule has 21 aromatic rings. The Bertz CT molecular complexity index is 8570. The van der Waals surface area contributed by atoms with E-state index in [1.807, 2.05) is 24.3 Å². The molecule has 4 aliphatic heterocycles. The van der Waals surface area contributed by atoms with Crippen LogP contribution in [0, 0.1) is 58.8 Å². The van der Waals surface area contributed by atoms with E-state index >= 15 is 0 Å². The van der Waals surface area contributed by atoms with Crippen molar-refractivity contribution in [3.63, 3.8) is 0 Å². The average molecular weight is 1910 g/mol. The maximum atomic E-state index is 6.62. The molecule has 146 heavy (non-hydrogen) atoms. The summed E-state index contributed by atoms with van der Waals surface area (Å²) in [5.41, 5.74) is 40.3. The zero-order valence-corrected chi connectivity index (χ0v) is 86.4. The van der Waals surface area contributed by atoms with Crippen LogP contribution in [0.2, 0.25) is 0 Å². The molecule has 0 bridgehead atoms. The van der Waals surface area contributed by atoms with E-state index in [0.29, 0.717) is 11.8 Å². The first-order chi connectivity index (χ1) is 71.0. The molecule has 0 N–H and O–H groups in total. The number of aryl methyl sites for hydroxylation is 6. The number of allylic oxidation sites excluding steroid dienone is 6. The van der Waals surface area contributed by atoms with Crippen molar-refractivity contribution in [1.82, 2.24) is 0 Å². The van der Waals surface area contributed by atoms with Gasteiger partial charge in [0, 0.05) is 111 Å². The summed E-state index contributed by atoms with van der Waals surface area (Å²) < 4.78 is 26.4. The first kappa shape index (κ1) is 94.2. The first-order valence-electron chi connectivity index (χ1n) is 51.3. The quantitative estimate of drug-likeness (QED) is 0.0981. The lowest BCUT2D eigenvalue weighted by atomic mass is 9.89. The van der Waals surface area contributed by atoms with Gasteiger partial charge in [0.25, 0.3) is 0 Å². The minimum atomic E-state index is -0.0914. The lowest BCUT2D eigenvalue weighted by molar-refractivity contribution is 0.326. The summed E-state index contributed by atoms with van der Waals surface area (Å²) in [4.78, 5) is 20.1. The minimum Gasteiger partial charge on any atom is -0.454 e. The van der Waals surface area contributed by atoms with Crippen molar-refractivity contribution in [2.45, 2.75) is 142 Å². The molecule has 17 aromatic carbocycles. The predicted molar refractivity (Wildman–Crippen MR) is 613 cm³/mol. The van der Waals surface area contributed by atoms with Gasteiger partial charge >= 0.3 is 0 Å². The van der Waals surface area contributed by atoms with E-state index in [4.69, 9.17) is 17.7 Å². The van der Waals surface area contributed by atoms with Crippen molar-refractivity contribution in [3.05, 3.63) is 502 Å². The normalized spacial score (nSPS) is 16.2. The van der Waals surface area contributed by atoms with Crippen LogP contribution in [0.3, 0.4) is 0 Å². The molecule has 0 fully saturated rings. The van der Waals surface area contributed by atoms with Crippen LogP contribution in [-0.4, -0.2) is 6.17 Å². The van der Waals surface area contributed by atoms with Gasteiger partial charge in [-0.2, -0.15) is 0 Å². The molecular formula is C134H124N8O4. The van der Waals surface area contributed by atoms with Crippen LogP contribution in [-0.2, 0) is 0 Å². The number of para-hydroxylation sites is 8. The number of fused-ring (bicyclic) bond motifs is 12. The lowest BCUT2D eigenvalue weighted by Gasteiger charge is -2.43. The molecule has 0 saturated heterocycles. The summed E-state index contributed by atoms with van der Waals surface area (Å²) in [5, 5.41) is 9.23. The lowest BCUT2D eigenvalue weighted by Crippen LogP contribution is -2.49. The van der Waals surface area contributed by atoms with Crippen LogP contribution in [0.5, 0.6) is 0 Å². The highest BCUT2D eigenvalue weighted by atomic mass is 16.3. The summed E-state index contributed by atoms with van der Waals surface area (Å²) in [5.74, 6) is 0.689. The van der Waals surface area contributed by atoms with Crippen LogP contribution in [0.25, 0.3) is 99.1 Å². The number of benzene rings is 17. The number of hydrogen-bond donors (Lipinski definition) is 0. The molecule has 8 heterocycles. The highest BCUT2D eigenvalue weighted by Crippen LogP contribution is 2.58. The molecule has 4 aromatic heterocycles. The van der Waals surface area contributed by atoms with E-state index in [-0.39, 0.29) is 30.1 Å². The van der Waals surface area contributed by atoms with Gasteiger partial charge in [-0.15, -0.1) is 0 Å². The van der Waals surface area contributed by atoms with Crippen molar-refractivity contribution in [2.75, 3.05) is 39.2 Å². The summed E-state index contributed by atoms with van der Waals surface area (Å²) >= 11 is 0. The number of hydrogen-bond acceptors (Lipinski definition) is 12. The molecule has 0 spiro atoms. The molecule has 0 aliphatic carbocycles. The van der Waals surface area contributed by atoms with Crippen molar-refractivity contribution in [3.8, 4) is 0 Å². The van der Waals surface area contributed by atoms with Gasteiger partial charge in [0.1, 0.15) is 47.0 Å². The second-order valence-corrected chi connectivity index (χ2v) is 41.0. The molecule has 724 valence electrons. The van der Waals surface area contributed by atoms with E-state index in [0.717, 1.165) is 116 Å². The molecule has 0 amide bonds. The third-order valence-electron chi connectivity index (χ3n) is 29.8. The van der Waals surface area contributed by atoms with Gasteiger partial charge in [-0.3, -0.25) is 0 Å². The SMILES string of the molecule is CC1=C(C(C)C)N(c2ccccc2)C(c2c(C)cccc2C)N1c1c(C)ccc2c1oc1ccccc12.CC1=C(C(C)C)N(c2ccccc2)C(c2ccccc2)N1c1c(C)ccc2c1oc1ccccc12.CC1=C(c2ccccc2)N(c2ccccc2)C(C(C)(C)C)N1c1c(C)ccc2c1oc1ccccc12.CC1=C(c2ccccc2)N(c2ccccc2)C(c2ccccc2)N1c1c(C)ccc2c1oc1ccccc12. The molecular weight excluding hydrogens is 1790 g/mol. The van der Waals surface area contributed by atoms with E-state index in [1.54, 1.807) is 0 Å². The molecule has 12 heteroatoms. The second kappa shape index (κ2) is 38.9. The average Bonchev–Trinajstić information content (AvgIpc) is 1.57. The molecule has 25 rings (SSSR count). The Morgan fingerprint density at radius 1 is 0.212 bits per heavy atom. The molecule has 0 radical (unpaired) electrons. The fourth-order valence-electron chi connectivity index (χ4n) is 23.6. The third-order valence-corrected chi connectivity index (χ3v) is 29.8. The van der Waals surface area contributed by atoms with Gasteiger partial charge in [0.05, 0.1) is 34.1 Å². The molecule has 4 aliphatic rings. The fraction of sp³-hybridized carbons (Fsp3) is 0.179. The Kier molecular flexibility index (Phi) is 25.1. The highest BCUT2D eigenvalue weighted by molar-refractivity contribution is 6.14. The second-order valence-electron chi connectivity index (χ2n) is 41.0. The van der Waals surface area contributed by atoms with Gasteiger partial charge in [-0.1, -0.05) is 382 Å². The highest BCUT2D eigenvalue weighted by Gasteiger charge is 2.49. The van der Waals surface area contributed by atoms with Crippen molar-refractivity contribution in [1.29, 1.82) is 0 Å². The molecule has 4 atom stereocenters. The van der Waals surface area contributed by atoms with E-state index in [1.165, 1.54) is 124 Å². The fourth-order valence-corrected chi connectivity index (χ4v) is 23.6. The number of anilines is 8. The van der Waals surface area contributed by atoms with Crippen LogP contribution in [0.15, 0.2) is 458 Å². The van der Waals surface area contributed by atoms with E-state index in [9.17, 15) is 0 Å². The van der Waals surface area contributed by atoms with Gasteiger partial charge in [-0.25, -0.2) is 0 Å². The Labute approximate surface area is 857 Å². The van der Waals surface area contributed by atoms with Gasteiger partial charge in [0.15, 0.2) is 22.3 Å². The van der Waals surface area contributed by atoms with Crippen LogP contribution < -0.4 is 39.2 Å². The Morgan fingerprint density at radius 3 is 0.795 bits per heavy atom. The van der Waals surface area contributed by atoms with E-state index < -0.39 is 0 Å². The monoisotopic (exact) mass is 1910 g/mol. The van der Waals surface area contributed by atoms with Crippen molar-refractivity contribution in [2.24, 2.45) is 17.3 Å². The van der Waals surface area contributed by atoms with Crippen LogP contribution in [0.1, 0.15) is 156 Å². The van der Waals surface area contributed by atoms with Gasteiger partial charge < -0.3 is 56.9 Å². The maximum Gasteiger partial charge on any atom is 0.159 e. The predicted octanol–water partition coefficient (Wildman–Crippen LogP) is 36.5. The summed E-state index contributed by atoms with van der Waals surface area (Å²) in [6.45, 7) is 38.4. The smallest absolute Gasteiger partial charge is 0.159 e. The number of furan rings is 4. The summed E-state index contributed by atoms with van der Waals surface area (Å²) in [6.07, 6.45) is -0.0917. The number of rotatable bonds is 15. The molecule has 0 saturated carbocycles. The topological polar surface area (TPSA) is 78.5 Å². The first-order valence-corrected chi connectivity index (χ1v) is 51.3. The zero-order chi connectivity index (χ0) is 101. The van der Waals surface area contributed by atoms with E-state index in [2.05, 4.69) is 539 Å². The van der Waals surface area contributed by atoms with Crippen molar-refractivity contribution >= 4 is 145 Å². The van der Waals surface area contributed by atoms with Crippen LogP contribution in [0.4, 0.5) is 45.5 Å². The van der Waals surface area contributed by atoms with Crippen molar-refractivity contribution < 1.29 is 17.7 Å². The maximum absolute atomic E-state index is 6.62. The minimum absolute atomic E-state index is 0.0199. The standard InChI is InChI=1S/C35H28N2O.C34H34N2O.C33H32N2O.C32H30N2O/c1-24-22-23-30-29-20-12-13-21-31(29)38-34(30)32(24)36-25(2)33(26-14-6-3-7-15-26)37(28-18-10-5-11-19-28)35(36)27-16-8-4-9-17-27;1-21(2)31-25(6)35(32-24(5)19-20-28-27-17-10-11-18-29(27)37-33(28)32)34(30-22(3)13-12-14-23(30)4)36(31)26-15-8-7-9-16-26;1-22-20-21-27-26-18-12-13-19-28(26)36-31(27)29(22)34-23(2)30(24-14-8-6-9-15-24)35(32(34)33(3,4)5)25-16-10-7-11-17-25;1-21(2)29-23(4)33(30-22(3)19-20-27-26-17-11-12-18-28(26)35-31(27)30)32(24-13-7-5-8-14-24)34(29)25-15-9-6-10-16-25/h3-23,35H,1-2H3;7-21,34H,1-6H3;6-21,32H,1-5H3;5-21,32H,1-4H3. The van der Waals surface area contributed by atoms with Gasteiger partial charge in [0.2, 0.25) is 0 Å². The third kappa shape index (κ3) is 16.5. The zero-order valence-electron chi connectivity index (χ0n) is 86.4. The Balaban J connectivity index is 0.000000111. The molecule has 12 nitrogen and oxygen atoms in total. The Hall–Kier alpha value is -16.7. The Morgan fingerprint density at radius 2 is 0.466 bits per heavy atom. The largest absolute Gasteiger partial charge is 0.454 e. The van der Waals surface area contributed by atoms with Crippen LogP contribution >= 0.6 is 0 Å². The molecule has 4 unspecified atom stereocenters. The summed E-state index contributed by atoms with van der Waals surface area (Å²) in [7, 11) is 0. The summed E-state index contributed by atoms with van der Waals surface area (Å²) in [6, 6.07) is 144.